The SMILES string of the molecule is COC[C@@H]1C[C@H](OC)CN1[C@H]1C[C@@H](COC2CCC(C(=O)O)CC2)N(C(=O)Cc2cc(Cl)c(NC(=O)c3cn(C)c4ccccc34)cc2Cl)C1. The van der Waals surface area contributed by atoms with Gasteiger partial charge in [-0.15, -0.1) is 0 Å². The molecule has 1 saturated carbocycles. The van der Waals surface area contributed by atoms with Crippen molar-refractivity contribution in [2.24, 2.45) is 13.0 Å². The number of ether oxygens (including phenoxy) is 3. The number of carboxylic acids is 1. The number of nitrogens with zero attached hydrogens (tertiary/aromatic N) is 3. The molecule has 11 nitrogen and oxygen atoms in total. The highest BCUT2D eigenvalue weighted by Crippen LogP contribution is 2.35. The molecule has 50 heavy (non-hydrogen) atoms. The van der Waals surface area contributed by atoms with E-state index >= 15 is 0 Å². The molecule has 0 unspecified atom stereocenters. The highest BCUT2D eigenvalue weighted by Gasteiger charge is 2.44. The van der Waals surface area contributed by atoms with Gasteiger partial charge in [-0.3, -0.25) is 19.3 Å². The summed E-state index contributed by atoms with van der Waals surface area (Å²) < 4.78 is 19.5. The average molecular weight is 730 g/mol. The van der Waals surface area contributed by atoms with Gasteiger partial charge in [-0.05, 0) is 62.3 Å². The molecule has 2 aliphatic heterocycles. The lowest BCUT2D eigenvalue weighted by molar-refractivity contribution is -0.144. The van der Waals surface area contributed by atoms with Gasteiger partial charge in [0.05, 0.1) is 60.1 Å². The number of hydrogen-bond acceptors (Lipinski definition) is 7. The lowest BCUT2D eigenvalue weighted by Crippen LogP contribution is -2.44. The fourth-order valence-electron chi connectivity index (χ4n) is 7.99. The Morgan fingerprint density at radius 2 is 1.70 bits per heavy atom. The van der Waals surface area contributed by atoms with Gasteiger partial charge in [0.1, 0.15) is 0 Å². The predicted octanol–water partition coefficient (Wildman–Crippen LogP) is 5.65. The van der Waals surface area contributed by atoms with Gasteiger partial charge in [0.15, 0.2) is 0 Å². The molecule has 3 aromatic rings. The molecule has 0 spiro atoms. The molecular formula is C37H46Cl2N4O7. The minimum atomic E-state index is -0.747. The van der Waals surface area contributed by atoms with Crippen LogP contribution in [0.5, 0.6) is 0 Å². The number of benzene rings is 2. The van der Waals surface area contributed by atoms with Crippen molar-refractivity contribution in [1.29, 1.82) is 0 Å². The molecule has 1 aliphatic carbocycles. The number of methoxy groups -OCH3 is 2. The van der Waals surface area contributed by atoms with Gasteiger partial charge in [-0.2, -0.15) is 0 Å². The summed E-state index contributed by atoms with van der Waals surface area (Å²) in [5.74, 6) is -1.47. The van der Waals surface area contributed by atoms with Crippen LogP contribution in [0.2, 0.25) is 10.0 Å². The predicted molar refractivity (Wildman–Crippen MR) is 192 cm³/mol. The molecule has 2 N–H and O–H groups in total. The molecule has 2 aromatic carbocycles. The third-order valence-electron chi connectivity index (χ3n) is 10.7. The smallest absolute Gasteiger partial charge is 0.306 e. The topological polar surface area (TPSA) is 123 Å². The summed E-state index contributed by atoms with van der Waals surface area (Å²) in [5, 5.41) is 13.7. The van der Waals surface area contributed by atoms with Gasteiger partial charge in [0.25, 0.3) is 5.91 Å². The number of carboxylic acid groups (broad SMARTS) is 1. The van der Waals surface area contributed by atoms with E-state index in [1.807, 2.05) is 40.8 Å². The molecule has 4 atom stereocenters. The number of aromatic nitrogens is 1. The number of fused-ring (bicyclic) bond motifs is 1. The van der Waals surface area contributed by atoms with Crippen LogP contribution < -0.4 is 5.32 Å². The van der Waals surface area contributed by atoms with Crippen molar-refractivity contribution in [2.75, 3.05) is 45.8 Å². The van der Waals surface area contributed by atoms with E-state index in [-0.39, 0.29) is 59.5 Å². The first-order valence-electron chi connectivity index (χ1n) is 17.3. The lowest BCUT2D eigenvalue weighted by atomic mass is 9.87. The number of carbonyl (C=O) groups is 3. The Labute approximate surface area is 302 Å². The second-order valence-corrected chi connectivity index (χ2v) is 14.7. The second-order valence-electron chi connectivity index (χ2n) is 13.9. The van der Waals surface area contributed by atoms with E-state index in [9.17, 15) is 19.5 Å². The monoisotopic (exact) mass is 728 g/mol. The van der Waals surface area contributed by atoms with Gasteiger partial charge >= 0.3 is 5.97 Å². The Kier molecular flexibility index (Phi) is 11.7. The summed E-state index contributed by atoms with van der Waals surface area (Å²) in [6.45, 7) is 2.24. The maximum atomic E-state index is 14.1. The number of nitrogens with one attached hydrogen (secondary N) is 1. The maximum absolute atomic E-state index is 14.1. The molecule has 3 heterocycles. The molecule has 13 heteroatoms. The van der Waals surface area contributed by atoms with Gasteiger partial charge in [0, 0.05) is 68.6 Å². The van der Waals surface area contributed by atoms with E-state index in [1.165, 1.54) is 0 Å². The zero-order valence-corrected chi connectivity index (χ0v) is 30.3. The van der Waals surface area contributed by atoms with Crippen LogP contribution >= 0.6 is 23.2 Å². The van der Waals surface area contributed by atoms with E-state index < -0.39 is 5.97 Å². The van der Waals surface area contributed by atoms with E-state index in [0.717, 1.165) is 30.3 Å². The summed E-state index contributed by atoms with van der Waals surface area (Å²) in [6.07, 6.45) is 6.05. The van der Waals surface area contributed by atoms with Crippen molar-refractivity contribution in [1.82, 2.24) is 14.4 Å². The molecule has 0 bridgehead atoms. The Balaban J connectivity index is 1.16. The quantitative estimate of drug-likeness (QED) is 0.246. The third kappa shape index (κ3) is 7.98. The molecule has 0 radical (unpaired) electrons. The fourth-order valence-corrected chi connectivity index (χ4v) is 8.45. The first-order chi connectivity index (χ1) is 24.1. The minimum Gasteiger partial charge on any atom is -0.481 e. The molecule has 3 aliphatic rings. The highest BCUT2D eigenvalue weighted by molar-refractivity contribution is 6.36. The Bertz CT molecular complexity index is 1710. The van der Waals surface area contributed by atoms with Crippen LogP contribution in [-0.4, -0.2) is 108 Å². The molecule has 2 amide bonds. The van der Waals surface area contributed by atoms with Crippen molar-refractivity contribution in [3.05, 3.63) is 63.8 Å². The van der Waals surface area contributed by atoms with Crippen LogP contribution in [-0.2, 0) is 37.3 Å². The number of hydrogen-bond donors (Lipinski definition) is 2. The molecule has 1 aromatic heterocycles. The number of amides is 2. The number of aryl methyl sites for hydroxylation is 1. The third-order valence-corrected chi connectivity index (χ3v) is 11.4. The number of aliphatic carboxylic acids is 1. The molecule has 6 rings (SSSR count). The van der Waals surface area contributed by atoms with Gasteiger partial charge in [0.2, 0.25) is 5.91 Å². The first kappa shape index (κ1) is 36.6. The normalized spacial score (nSPS) is 25.7. The van der Waals surface area contributed by atoms with Crippen molar-refractivity contribution in [3.63, 3.8) is 0 Å². The van der Waals surface area contributed by atoms with Crippen LogP contribution in [0.4, 0.5) is 5.69 Å². The van der Waals surface area contributed by atoms with Crippen molar-refractivity contribution < 1.29 is 33.7 Å². The number of para-hydroxylation sites is 1. The molecular weight excluding hydrogens is 683 g/mol. The van der Waals surface area contributed by atoms with Crippen LogP contribution in [0.1, 0.15) is 54.4 Å². The van der Waals surface area contributed by atoms with E-state index in [4.69, 9.17) is 37.4 Å². The van der Waals surface area contributed by atoms with Gasteiger partial charge < -0.3 is 34.1 Å². The summed E-state index contributed by atoms with van der Waals surface area (Å²) in [6, 6.07) is 11.0. The van der Waals surface area contributed by atoms with E-state index in [0.29, 0.717) is 67.3 Å². The Morgan fingerprint density at radius 1 is 0.940 bits per heavy atom. The van der Waals surface area contributed by atoms with Crippen molar-refractivity contribution in [2.45, 2.75) is 75.3 Å². The number of rotatable bonds is 12. The summed E-state index contributed by atoms with van der Waals surface area (Å²) >= 11 is 13.4. The average Bonchev–Trinajstić information content (AvgIpc) is 3.81. The Morgan fingerprint density at radius 3 is 2.42 bits per heavy atom. The van der Waals surface area contributed by atoms with Crippen LogP contribution in [0.3, 0.4) is 0 Å². The number of likely N-dealkylation sites (tertiary alicyclic amines) is 2. The summed E-state index contributed by atoms with van der Waals surface area (Å²) in [4.78, 5) is 43.1. The van der Waals surface area contributed by atoms with Gasteiger partial charge in [-0.1, -0.05) is 41.4 Å². The zero-order valence-electron chi connectivity index (χ0n) is 28.8. The zero-order chi connectivity index (χ0) is 35.5. The van der Waals surface area contributed by atoms with Crippen LogP contribution in [0.25, 0.3) is 10.9 Å². The first-order valence-corrected chi connectivity index (χ1v) is 18.1. The molecule has 3 fully saturated rings. The summed E-state index contributed by atoms with van der Waals surface area (Å²) in [7, 11) is 5.32. The second kappa shape index (κ2) is 16.0. The van der Waals surface area contributed by atoms with Gasteiger partial charge in [-0.25, -0.2) is 0 Å². The van der Waals surface area contributed by atoms with Crippen molar-refractivity contribution >= 4 is 57.6 Å². The highest BCUT2D eigenvalue weighted by atomic mass is 35.5. The molecule has 270 valence electrons. The Hall–Kier alpha value is -3.19. The number of anilines is 1. The van der Waals surface area contributed by atoms with Crippen LogP contribution in [0, 0.1) is 5.92 Å². The number of halogens is 2. The maximum Gasteiger partial charge on any atom is 0.306 e. The van der Waals surface area contributed by atoms with E-state index in [1.54, 1.807) is 32.5 Å². The largest absolute Gasteiger partial charge is 0.481 e. The summed E-state index contributed by atoms with van der Waals surface area (Å²) in [5.41, 5.74) is 2.38. The van der Waals surface area contributed by atoms with Crippen molar-refractivity contribution in [3.8, 4) is 0 Å². The standard InChI is InChI=1S/C37H46Cl2N4O7/c1-41-19-30(29-6-4-5-7-34(29)41)36(45)40-33-16-31(38)23(12-32(33)39)13-35(44)43-17-24(42-18-28(49-3)15-26(42)20-48-2)14-25(43)21-50-27-10-8-22(9-11-27)37(46)47/h4-7,12,16,19,22,24-28H,8-11,13-15,17-18,20-21H2,1-3H3,(H,40,45)(H,46,47)/t22?,24-,25-,26-,27?,28-/m0/s1. The molecule has 2 saturated heterocycles. The van der Waals surface area contributed by atoms with E-state index in [2.05, 4.69) is 10.2 Å². The fraction of sp³-hybridized carbons (Fsp3) is 0.541. The number of carbonyl (C=O) groups excluding carboxylic acids is 2. The minimum absolute atomic E-state index is 0.0302. The van der Waals surface area contributed by atoms with Crippen LogP contribution in [0.15, 0.2) is 42.6 Å². The lowest BCUT2D eigenvalue weighted by Gasteiger charge is -2.30.